The van der Waals surface area contributed by atoms with E-state index in [4.69, 9.17) is 21.1 Å². The molecule has 1 aromatic rings. The number of ether oxygens (including phenoxy) is 1. The molecule has 5 heteroatoms. The number of nitrogens with two attached hydrogens (primary N) is 1. The molecule has 0 heterocycles. The smallest absolute Gasteiger partial charge is 0.151 e. The Morgan fingerprint density at radius 3 is 2.93 bits per heavy atom. The molecule has 4 nitrogen and oxygen atoms in total. The number of nitrogens with zero attached hydrogens (tertiary/aromatic N) is 1. The van der Waals surface area contributed by atoms with Gasteiger partial charge in [0.1, 0.15) is 11.8 Å². The molecule has 3 N–H and O–H groups in total. The third-order valence-electron chi connectivity index (χ3n) is 1.78. The van der Waals surface area contributed by atoms with Gasteiger partial charge in [0.2, 0.25) is 0 Å². The summed E-state index contributed by atoms with van der Waals surface area (Å²) in [5.41, 5.74) is 6.67. The van der Waals surface area contributed by atoms with Gasteiger partial charge in [-0.2, -0.15) is 5.26 Å². The van der Waals surface area contributed by atoms with E-state index in [-0.39, 0.29) is 5.17 Å². The zero-order valence-corrected chi connectivity index (χ0v) is 9.10. The predicted molar refractivity (Wildman–Crippen MR) is 60.9 cm³/mol. The van der Waals surface area contributed by atoms with Gasteiger partial charge in [-0.1, -0.05) is 17.8 Å². The lowest BCUT2D eigenvalue weighted by Crippen LogP contribution is -2.03. The van der Waals surface area contributed by atoms with Crippen molar-refractivity contribution in [2.24, 2.45) is 5.73 Å². The molecule has 0 aliphatic rings. The molecule has 1 rings (SSSR count). The number of thioether (sulfide) groups is 1. The number of hydrogen-bond donors (Lipinski definition) is 2. The minimum Gasteiger partial charge on any atom is -0.495 e. The zero-order chi connectivity index (χ0) is 11.3. The van der Waals surface area contributed by atoms with Crippen LogP contribution < -0.4 is 10.5 Å². The van der Waals surface area contributed by atoms with Gasteiger partial charge in [-0.25, -0.2) is 0 Å². The molecular weight excluding hydrogens is 210 g/mol. The van der Waals surface area contributed by atoms with Crippen molar-refractivity contribution in [3.8, 4) is 11.8 Å². The Kier molecular flexibility index (Phi) is 4.01. The monoisotopic (exact) mass is 221 g/mol. The average Bonchev–Trinajstić information content (AvgIpc) is 2.25. The number of amidine groups is 1. The van der Waals surface area contributed by atoms with Crippen molar-refractivity contribution in [3.63, 3.8) is 0 Å². The van der Waals surface area contributed by atoms with E-state index >= 15 is 0 Å². The van der Waals surface area contributed by atoms with Gasteiger partial charge >= 0.3 is 0 Å². The van der Waals surface area contributed by atoms with Crippen molar-refractivity contribution >= 4 is 16.9 Å². The van der Waals surface area contributed by atoms with Gasteiger partial charge < -0.3 is 10.5 Å². The fourth-order valence-electron chi connectivity index (χ4n) is 1.09. The Morgan fingerprint density at radius 2 is 2.40 bits per heavy atom. The molecule has 0 radical (unpaired) electrons. The van der Waals surface area contributed by atoms with Gasteiger partial charge in [-0.3, -0.25) is 5.41 Å². The largest absolute Gasteiger partial charge is 0.495 e. The van der Waals surface area contributed by atoms with Crippen LogP contribution in [0.15, 0.2) is 18.2 Å². The van der Waals surface area contributed by atoms with Crippen molar-refractivity contribution < 1.29 is 4.74 Å². The van der Waals surface area contributed by atoms with Crippen LogP contribution >= 0.6 is 11.8 Å². The summed E-state index contributed by atoms with van der Waals surface area (Å²) in [4.78, 5) is 0. The molecule has 0 amide bonds. The Morgan fingerprint density at radius 1 is 1.67 bits per heavy atom. The highest BCUT2D eigenvalue weighted by atomic mass is 32.2. The molecule has 0 bridgehead atoms. The molecule has 0 saturated heterocycles. The first-order valence-corrected chi connectivity index (χ1v) is 5.19. The predicted octanol–water partition coefficient (Wildman–Crippen LogP) is 1.69. The summed E-state index contributed by atoms with van der Waals surface area (Å²) in [7, 11) is 1.53. The van der Waals surface area contributed by atoms with E-state index in [0.717, 1.165) is 5.56 Å². The number of benzene rings is 1. The van der Waals surface area contributed by atoms with Gasteiger partial charge in [-0.15, -0.1) is 0 Å². The van der Waals surface area contributed by atoms with Crippen LogP contribution in [-0.4, -0.2) is 12.3 Å². The Balaban J connectivity index is 2.85. The summed E-state index contributed by atoms with van der Waals surface area (Å²) in [6.07, 6.45) is 0. The van der Waals surface area contributed by atoms with Gasteiger partial charge in [0.15, 0.2) is 5.17 Å². The summed E-state index contributed by atoms with van der Waals surface area (Å²) >= 11 is 1.23. The van der Waals surface area contributed by atoms with Crippen LogP contribution in [0.1, 0.15) is 11.1 Å². The first kappa shape index (κ1) is 11.4. The average molecular weight is 221 g/mol. The molecule has 0 unspecified atom stereocenters. The standard InChI is InChI=1S/C10H11N3OS/c1-14-9-3-2-7(4-8(9)5-11)6-15-10(12)13/h2-4H,6H2,1H3,(H3,12,13). The lowest BCUT2D eigenvalue weighted by molar-refractivity contribution is 0.413. The van der Waals surface area contributed by atoms with E-state index in [1.807, 2.05) is 6.07 Å². The summed E-state index contributed by atoms with van der Waals surface area (Å²) in [6.45, 7) is 0. The molecule has 0 aliphatic heterocycles. The Labute approximate surface area is 92.5 Å². The molecule has 0 aromatic heterocycles. The summed E-state index contributed by atoms with van der Waals surface area (Å²) in [5.74, 6) is 1.16. The fraction of sp³-hybridized carbons (Fsp3) is 0.200. The summed E-state index contributed by atoms with van der Waals surface area (Å²) < 4.78 is 5.02. The molecular formula is C10H11N3OS. The van der Waals surface area contributed by atoms with Crippen molar-refractivity contribution in [1.82, 2.24) is 0 Å². The third kappa shape index (κ3) is 3.18. The second-order valence-corrected chi connectivity index (χ2v) is 3.82. The van der Waals surface area contributed by atoms with Gasteiger partial charge in [-0.05, 0) is 17.7 Å². The number of nitrogens with one attached hydrogen (secondary N) is 1. The van der Waals surface area contributed by atoms with Gasteiger partial charge in [0, 0.05) is 5.75 Å². The second kappa shape index (κ2) is 5.27. The number of nitriles is 1. The van der Waals surface area contributed by atoms with E-state index in [2.05, 4.69) is 6.07 Å². The van der Waals surface area contributed by atoms with Crippen LogP contribution in [-0.2, 0) is 5.75 Å². The molecule has 0 aliphatic carbocycles. The minimum absolute atomic E-state index is 0.0734. The number of hydrogen-bond acceptors (Lipinski definition) is 4. The van der Waals surface area contributed by atoms with Crippen LogP contribution in [0.25, 0.3) is 0 Å². The maximum absolute atomic E-state index is 8.85. The molecule has 78 valence electrons. The first-order chi connectivity index (χ1) is 7.17. The van der Waals surface area contributed by atoms with E-state index in [0.29, 0.717) is 17.1 Å². The van der Waals surface area contributed by atoms with Gasteiger partial charge in [0.05, 0.1) is 12.7 Å². The first-order valence-electron chi connectivity index (χ1n) is 4.21. The van der Waals surface area contributed by atoms with Crippen LogP contribution in [0.5, 0.6) is 5.75 Å². The highest BCUT2D eigenvalue weighted by Gasteiger charge is 2.03. The fourth-order valence-corrected chi connectivity index (χ4v) is 1.60. The van der Waals surface area contributed by atoms with Gasteiger partial charge in [0.25, 0.3) is 0 Å². The molecule has 15 heavy (non-hydrogen) atoms. The van der Waals surface area contributed by atoms with Crippen molar-refractivity contribution in [3.05, 3.63) is 29.3 Å². The van der Waals surface area contributed by atoms with E-state index in [1.165, 1.54) is 18.9 Å². The van der Waals surface area contributed by atoms with Crippen LogP contribution in [0, 0.1) is 16.7 Å². The SMILES string of the molecule is COc1ccc(CSC(=N)N)cc1C#N. The van der Waals surface area contributed by atoms with E-state index in [9.17, 15) is 0 Å². The summed E-state index contributed by atoms with van der Waals surface area (Å²) in [5, 5.41) is 16.0. The lowest BCUT2D eigenvalue weighted by atomic mass is 10.1. The van der Waals surface area contributed by atoms with Crippen LogP contribution in [0.3, 0.4) is 0 Å². The molecule has 0 atom stereocenters. The lowest BCUT2D eigenvalue weighted by Gasteiger charge is -2.05. The minimum atomic E-state index is 0.0734. The Bertz CT molecular complexity index is 412. The third-order valence-corrected chi connectivity index (χ3v) is 2.57. The maximum atomic E-state index is 8.85. The zero-order valence-electron chi connectivity index (χ0n) is 8.28. The van der Waals surface area contributed by atoms with Crippen LogP contribution in [0.4, 0.5) is 0 Å². The van der Waals surface area contributed by atoms with E-state index < -0.39 is 0 Å². The number of methoxy groups -OCH3 is 1. The summed E-state index contributed by atoms with van der Waals surface area (Å²) in [6, 6.07) is 7.40. The second-order valence-electron chi connectivity index (χ2n) is 2.80. The highest BCUT2D eigenvalue weighted by molar-refractivity contribution is 8.13. The van der Waals surface area contributed by atoms with Crippen molar-refractivity contribution in [1.29, 1.82) is 10.7 Å². The Hall–Kier alpha value is -1.67. The molecule has 0 fully saturated rings. The van der Waals surface area contributed by atoms with Crippen molar-refractivity contribution in [2.75, 3.05) is 7.11 Å². The van der Waals surface area contributed by atoms with E-state index in [1.54, 1.807) is 12.1 Å². The number of rotatable bonds is 3. The maximum Gasteiger partial charge on any atom is 0.151 e. The quantitative estimate of drug-likeness (QED) is 0.601. The van der Waals surface area contributed by atoms with Crippen molar-refractivity contribution in [2.45, 2.75) is 5.75 Å². The highest BCUT2D eigenvalue weighted by Crippen LogP contribution is 2.21. The normalized spacial score (nSPS) is 9.33. The molecule has 0 saturated carbocycles. The molecule has 1 aromatic carbocycles. The van der Waals surface area contributed by atoms with Crippen LogP contribution in [0.2, 0.25) is 0 Å². The molecule has 0 spiro atoms. The topological polar surface area (TPSA) is 82.9 Å².